The van der Waals surface area contributed by atoms with E-state index in [1.165, 1.54) is 11.0 Å². The zero-order valence-corrected chi connectivity index (χ0v) is 19.0. The maximum Gasteiger partial charge on any atom is 0.416 e. The van der Waals surface area contributed by atoms with E-state index in [1.54, 1.807) is 0 Å². The molecule has 2 amide bonds. The smallest absolute Gasteiger partial charge is 0.370 e. The molecule has 2 saturated heterocycles. The van der Waals surface area contributed by atoms with E-state index in [4.69, 9.17) is 0 Å². The lowest BCUT2D eigenvalue weighted by Gasteiger charge is -2.33. The number of benzene rings is 2. The van der Waals surface area contributed by atoms with Crippen LogP contribution in [0.3, 0.4) is 0 Å². The third kappa shape index (κ3) is 5.74. The average molecular weight is 495 g/mol. The zero-order chi connectivity index (χ0) is 25.2. The molecule has 0 aliphatic carbocycles. The molecule has 1 N–H and O–H groups in total. The Morgan fingerprint density at radius 2 is 1.57 bits per heavy atom. The van der Waals surface area contributed by atoms with Crippen LogP contribution in [0, 0.1) is 17.6 Å². The molecule has 2 aliphatic rings. The summed E-state index contributed by atoms with van der Waals surface area (Å²) >= 11 is 0. The van der Waals surface area contributed by atoms with Gasteiger partial charge in [-0.05, 0) is 62.4 Å². The zero-order valence-electron chi connectivity index (χ0n) is 19.0. The molecule has 35 heavy (non-hydrogen) atoms. The monoisotopic (exact) mass is 495 g/mol. The summed E-state index contributed by atoms with van der Waals surface area (Å²) < 4.78 is 67.1. The summed E-state index contributed by atoms with van der Waals surface area (Å²) in [6.45, 7) is 1.76. The Kier molecular flexibility index (Phi) is 7.28. The van der Waals surface area contributed by atoms with E-state index in [9.17, 15) is 31.5 Å². The third-order valence-corrected chi connectivity index (χ3v) is 6.59. The predicted molar refractivity (Wildman–Crippen MR) is 121 cm³/mol. The summed E-state index contributed by atoms with van der Waals surface area (Å²) in [7, 11) is 0. The number of likely N-dealkylation sites (tertiary alicyclic amines) is 1. The minimum atomic E-state index is -4.54. The van der Waals surface area contributed by atoms with Gasteiger partial charge in [0.05, 0.1) is 22.5 Å². The van der Waals surface area contributed by atoms with Crippen molar-refractivity contribution < 1.29 is 31.5 Å². The first kappa shape index (κ1) is 24.9. The van der Waals surface area contributed by atoms with Crippen LogP contribution >= 0.6 is 0 Å². The van der Waals surface area contributed by atoms with Crippen LogP contribution < -0.4 is 10.2 Å². The number of anilines is 2. The van der Waals surface area contributed by atoms with Crippen molar-refractivity contribution >= 4 is 23.2 Å². The summed E-state index contributed by atoms with van der Waals surface area (Å²) in [5.41, 5.74) is -0.399. The number of carbonyl (C=O) groups excluding carboxylic acids is 2. The van der Waals surface area contributed by atoms with Crippen LogP contribution in [0.2, 0.25) is 0 Å². The predicted octanol–water partition coefficient (Wildman–Crippen LogP) is 5.46. The number of halogens is 5. The molecular formula is C25H26F5N3O2. The van der Waals surface area contributed by atoms with Gasteiger partial charge >= 0.3 is 6.18 Å². The molecule has 5 nitrogen and oxygen atoms in total. The van der Waals surface area contributed by atoms with Crippen LogP contribution in [0.25, 0.3) is 0 Å². The maximum atomic E-state index is 14.0. The van der Waals surface area contributed by atoms with Gasteiger partial charge in [0.15, 0.2) is 0 Å². The van der Waals surface area contributed by atoms with Crippen molar-refractivity contribution in [2.45, 2.75) is 38.3 Å². The average Bonchev–Trinajstić information content (AvgIpc) is 2.84. The second kappa shape index (κ2) is 10.2. The molecule has 2 aromatic rings. The molecule has 2 fully saturated rings. The van der Waals surface area contributed by atoms with E-state index < -0.39 is 41.1 Å². The van der Waals surface area contributed by atoms with Gasteiger partial charge in [-0.2, -0.15) is 13.2 Å². The molecule has 0 radical (unpaired) electrons. The molecule has 0 unspecified atom stereocenters. The number of nitrogens with one attached hydrogen (secondary N) is 1. The van der Waals surface area contributed by atoms with E-state index in [2.05, 4.69) is 5.32 Å². The highest BCUT2D eigenvalue weighted by Gasteiger charge is 2.33. The highest BCUT2D eigenvalue weighted by molar-refractivity contribution is 5.97. The molecule has 0 aromatic heterocycles. The standard InChI is InChI=1S/C25H26F5N3O2/c26-18-5-6-19(20(27)15-18)24(35)33-12-8-16(9-13-33)23(34)31-21-14-17(25(28,29)30)4-7-22(21)32-10-2-1-3-11-32/h4-7,14-16H,1-3,8-13H2,(H,31,34). The van der Waals surface area contributed by atoms with Gasteiger partial charge in [-0.3, -0.25) is 9.59 Å². The van der Waals surface area contributed by atoms with Crippen molar-refractivity contribution in [1.82, 2.24) is 4.90 Å². The molecule has 2 aromatic carbocycles. The van der Waals surface area contributed by atoms with Crippen molar-refractivity contribution in [3.63, 3.8) is 0 Å². The lowest BCUT2D eigenvalue weighted by Crippen LogP contribution is -2.42. The SMILES string of the molecule is O=C(Nc1cc(C(F)(F)F)ccc1N1CCCCC1)C1CCN(C(=O)c2ccc(F)cc2F)CC1. The summed E-state index contributed by atoms with van der Waals surface area (Å²) in [6, 6.07) is 6.13. The summed E-state index contributed by atoms with van der Waals surface area (Å²) in [5.74, 6) is -3.26. The van der Waals surface area contributed by atoms with Crippen LogP contribution in [0.15, 0.2) is 36.4 Å². The summed E-state index contributed by atoms with van der Waals surface area (Å²) in [4.78, 5) is 29.0. The van der Waals surface area contributed by atoms with Gasteiger partial charge in [-0.25, -0.2) is 8.78 Å². The fourth-order valence-corrected chi connectivity index (χ4v) is 4.64. The Morgan fingerprint density at radius 3 is 2.20 bits per heavy atom. The highest BCUT2D eigenvalue weighted by atomic mass is 19.4. The molecule has 4 rings (SSSR count). The number of rotatable bonds is 4. The molecule has 0 spiro atoms. The molecule has 0 atom stereocenters. The number of alkyl halides is 3. The van der Waals surface area contributed by atoms with Crippen molar-refractivity contribution in [2.24, 2.45) is 5.92 Å². The minimum Gasteiger partial charge on any atom is -0.370 e. The van der Waals surface area contributed by atoms with Gasteiger partial charge in [0.2, 0.25) is 5.91 Å². The Labute approximate surface area is 199 Å². The third-order valence-electron chi connectivity index (χ3n) is 6.59. The Bertz CT molecular complexity index is 1090. The summed E-state index contributed by atoms with van der Waals surface area (Å²) in [6.07, 6.45) is -1.08. The van der Waals surface area contributed by atoms with Gasteiger partial charge in [0.1, 0.15) is 11.6 Å². The van der Waals surface area contributed by atoms with Crippen molar-refractivity contribution in [1.29, 1.82) is 0 Å². The number of carbonyl (C=O) groups is 2. The maximum absolute atomic E-state index is 14.0. The second-order valence-electron chi connectivity index (χ2n) is 8.96. The van der Waals surface area contributed by atoms with E-state index >= 15 is 0 Å². The van der Waals surface area contributed by atoms with Crippen molar-refractivity contribution in [3.05, 3.63) is 59.2 Å². The fraction of sp³-hybridized carbons (Fsp3) is 0.440. The number of piperidine rings is 2. The molecule has 188 valence electrons. The van der Waals surface area contributed by atoms with Crippen LogP contribution in [0.4, 0.5) is 33.3 Å². The lowest BCUT2D eigenvalue weighted by molar-refractivity contribution is -0.137. The molecule has 2 heterocycles. The Hall–Kier alpha value is -3.17. The molecule has 2 aliphatic heterocycles. The van der Waals surface area contributed by atoms with E-state index in [0.717, 1.165) is 43.5 Å². The largest absolute Gasteiger partial charge is 0.416 e. The fourth-order valence-electron chi connectivity index (χ4n) is 4.64. The normalized spacial score (nSPS) is 17.4. The number of hydrogen-bond acceptors (Lipinski definition) is 3. The first-order valence-corrected chi connectivity index (χ1v) is 11.6. The minimum absolute atomic E-state index is 0.124. The van der Waals surface area contributed by atoms with E-state index in [-0.39, 0.29) is 37.2 Å². The summed E-state index contributed by atoms with van der Waals surface area (Å²) in [5, 5.41) is 2.70. The second-order valence-corrected chi connectivity index (χ2v) is 8.96. The van der Waals surface area contributed by atoms with Crippen molar-refractivity contribution in [2.75, 3.05) is 36.4 Å². The van der Waals surface area contributed by atoms with Crippen molar-refractivity contribution in [3.8, 4) is 0 Å². The first-order valence-electron chi connectivity index (χ1n) is 11.6. The number of nitrogens with zero attached hydrogens (tertiary/aromatic N) is 2. The first-order chi connectivity index (χ1) is 16.6. The van der Waals surface area contributed by atoms with Gasteiger partial charge in [-0.1, -0.05) is 0 Å². The van der Waals surface area contributed by atoms with E-state index in [1.807, 2.05) is 4.90 Å². The molecule has 0 bridgehead atoms. The van der Waals surface area contributed by atoms with Crippen LogP contribution in [-0.4, -0.2) is 42.9 Å². The van der Waals surface area contributed by atoms with Crippen LogP contribution in [-0.2, 0) is 11.0 Å². The molecule has 0 saturated carbocycles. The molecule has 10 heteroatoms. The van der Waals surface area contributed by atoms with E-state index in [0.29, 0.717) is 24.8 Å². The van der Waals surface area contributed by atoms with Gasteiger partial charge in [-0.15, -0.1) is 0 Å². The Morgan fingerprint density at radius 1 is 0.886 bits per heavy atom. The lowest BCUT2D eigenvalue weighted by atomic mass is 9.95. The quantitative estimate of drug-likeness (QED) is 0.573. The van der Waals surface area contributed by atoms with Gasteiger partial charge in [0, 0.05) is 38.2 Å². The van der Waals surface area contributed by atoms with Gasteiger partial charge in [0.25, 0.3) is 5.91 Å². The highest BCUT2D eigenvalue weighted by Crippen LogP contribution is 2.37. The number of amides is 2. The number of hydrogen-bond donors (Lipinski definition) is 1. The van der Waals surface area contributed by atoms with Crippen LogP contribution in [0.1, 0.15) is 48.0 Å². The van der Waals surface area contributed by atoms with Gasteiger partial charge < -0.3 is 15.1 Å². The topological polar surface area (TPSA) is 52.7 Å². The van der Waals surface area contributed by atoms with Crippen LogP contribution in [0.5, 0.6) is 0 Å². The molecular weight excluding hydrogens is 469 g/mol. The Balaban J connectivity index is 1.44.